The average molecular weight is 494 g/mol. The van der Waals surface area contributed by atoms with E-state index in [1.54, 1.807) is 4.90 Å². The number of piperidine rings is 3. The number of nitrogens with zero attached hydrogens (tertiary/aromatic N) is 4. The molecule has 0 aromatic heterocycles. The van der Waals surface area contributed by atoms with E-state index in [2.05, 4.69) is 46.1 Å². The van der Waals surface area contributed by atoms with Gasteiger partial charge in [0.05, 0.1) is 0 Å². The van der Waals surface area contributed by atoms with Crippen LogP contribution in [-0.4, -0.2) is 91.3 Å². The van der Waals surface area contributed by atoms with Crippen LogP contribution in [0.15, 0.2) is 18.2 Å². The van der Waals surface area contributed by atoms with Crippen LogP contribution in [0.4, 0.5) is 5.69 Å². The molecule has 4 fully saturated rings. The maximum Gasteiger partial charge on any atom is 0.255 e. The Hall–Kier alpha value is -2.45. The molecule has 0 aliphatic carbocycles. The minimum atomic E-state index is -0.556. The molecule has 0 unspecified atom stereocenters. The first kappa shape index (κ1) is 23.9. The Morgan fingerprint density at radius 3 is 2.42 bits per heavy atom. The van der Waals surface area contributed by atoms with Crippen LogP contribution in [0.5, 0.6) is 0 Å². The van der Waals surface area contributed by atoms with Gasteiger partial charge in [0.1, 0.15) is 6.04 Å². The number of benzene rings is 1. The second kappa shape index (κ2) is 8.84. The summed E-state index contributed by atoms with van der Waals surface area (Å²) in [6.45, 7) is 11.2. The number of likely N-dealkylation sites (tertiary alicyclic amines) is 2. The van der Waals surface area contributed by atoms with E-state index in [0.29, 0.717) is 29.4 Å². The van der Waals surface area contributed by atoms with Gasteiger partial charge >= 0.3 is 0 Å². The smallest absolute Gasteiger partial charge is 0.255 e. The van der Waals surface area contributed by atoms with Gasteiger partial charge in [-0.1, -0.05) is 6.92 Å². The predicted octanol–water partition coefficient (Wildman–Crippen LogP) is 2.08. The summed E-state index contributed by atoms with van der Waals surface area (Å²) in [6.07, 6.45) is 5.75. The molecule has 8 heteroatoms. The Bertz CT molecular complexity index is 1060. The number of hydrogen-bond donors (Lipinski definition) is 1. The highest BCUT2D eigenvalue weighted by Gasteiger charge is 2.47. The van der Waals surface area contributed by atoms with E-state index in [4.69, 9.17) is 0 Å². The van der Waals surface area contributed by atoms with Gasteiger partial charge in [-0.25, -0.2) is 0 Å². The van der Waals surface area contributed by atoms with Crippen molar-refractivity contribution in [3.05, 3.63) is 29.3 Å². The molecule has 6 rings (SSSR count). The fourth-order valence-corrected chi connectivity index (χ4v) is 7.18. The SMILES string of the molecule is CN1CCC(C)(CN2CC3(CCN(c4ccc5c(c4)CN([C@H]4CCC(=O)NC4=O)C5=O)CC3)C2)CC1. The Morgan fingerprint density at radius 2 is 1.72 bits per heavy atom. The van der Waals surface area contributed by atoms with Crippen molar-refractivity contribution in [3.8, 4) is 0 Å². The molecule has 1 N–H and O–H groups in total. The molecule has 1 aromatic rings. The van der Waals surface area contributed by atoms with Gasteiger partial charge in [-0.2, -0.15) is 0 Å². The van der Waals surface area contributed by atoms with Crippen LogP contribution in [0.25, 0.3) is 0 Å². The Morgan fingerprint density at radius 1 is 1.00 bits per heavy atom. The van der Waals surface area contributed by atoms with Crippen molar-refractivity contribution in [2.45, 2.75) is 58.0 Å². The third-order valence-corrected chi connectivity index (χ3v) is 9.61. The van der Waals surface area contributed by atoms with Gasteiger partial charge < -0.3 is 19.6 Å². The number of nitrogens with one attached hydrogen (secondary N) is 1. The summed E-state index contributed by atoms with van der Waals surface area (Å²) in [4.78, 5) is 46.1. The highest BCUT2D eigenvalue weighted by molar-refractivity contribution is 6.05. The third kappa shape index (κ3) is 4.32. The normalized spacial score (nSPS) is 28.3. The summed E-state index contributed by atoms with van der Waals surface area (Å²) in [7, 11) is 2.24. The minimum absolute atomic E-state index is 0.100. The lowest BCUT2D eigenvalue weighted by Gasteiger charge is -2.56. The Labute approximate surface area is 214 Å². The van der Waals surface area contributed by atoms with Crippen molar-refractivity contribution in [1.29, 1.82) is 0 Å². The number of carbonyl (C=O) groups excluding carboxylic acids is 3. The lowest BCUT2D eigenvalue weighted by molar-refractivity contribution is -0.136. The average Bonchev–Trinajstić information content (AvgIpc) is 3.16. The summed E-state index contributed by atoms with van der Waals surface area (Å²) in [5.41, 5.74) is 3.81. The van der Waals surface area contributed by atoms with Crippen molar-refractivity contribution in [2.75, 3.05) is 57.8 Å². The van der Waals surface area contributed by atoms with Crippen LogP contribution in [0, 0.1) is 10.8 Å². The largest absolute Gasteiger partial charge is 0.371 e. The highest BCUT2D eigenvalue weighted by atomic mass is 16.2. The van der Waals surface area contributed by atoms with Gasteiger partial charge in [0, 0.05) is 56.9 Å². The number of anilines is 1. The lowest BCUT2D eigenvalue weighted by Crippen LogP contribution is -2.62. The van der Waals surface area contributed by atoms with Gasteiger partial charge in [0.25, 0.3) is 5.91 Å². The Kier molecular flexibility index (Phi) is 5.87. The van der Waals surface area contributed by atoms with E-state index in [0.717, 1.165) is 18.7 Å². The maximum absolute atomic E-state index is 13.0. The second-order valence-corrected chi connectivity index (χ2v) is 12.5. The number of imide groups is 1. The highest BCUT2D eigenvalue weighted by Crippen LogP contribution is 2.44. The molecule has 5 aliphatic rings. The van der Waals surface area contributed by atoms with E-state index in [-0.39, 0.29) is 24.1 Å². The van der Waals surface area contributed by atoms with E-state index < -0.39 is 6.04 Å². The van der Waals surface area contributed by atoms with E-state index in [1.165, 1.54) is 64.1 Å². The van der Waals surface area contributed by atoms with Gasteiger partial charge in [0.2, 0.25) is 11.8 Å². The van der Waals surface area contributed by atoms with Crippen LogP contribution in [0.1, 0.15) is 61.4 Å². The summed E-state index contributed by atoms with van der Waals surface area (Å²) in [5.74, 6) is -0.707. The molecular formula is C28H39N5O3. The molecule has 8 nitrogen and oxygen atoms in total. The topological polar surface area (TPSA) is 76.2 Å². The molecule has 3 amide bonds. The Balaban J connectivity index is 1.04. The zero-order valence-corrected chi connectivity index (χ0v) is 21.7. The van der Waals surface area contributed by atoms with Crippen LogP contribution in [0.2, 0.25) is 0 Å². The summed E-state index contributed by atoms with van der Waals surface area (Å²) < 4.78 is 0. The molecular weight excluding hydrogens is 454 g/mol. The molecule has 1 aromatic carbocycles. The molecule has 5 aliphatic heterocycles. The summed E-state index contributed by atoms with van der Waals surface area (Å²) >= 11 is 0. The maximum atomic E-state index is 13.0. The fourth-order valence-electron chi connectivity index (χ4n) is 7.18. The zero-order valence-electron chi connectivity index (χ0n) is 21.7. The molecule has 0 radical (unpaired) electrons. The third-order valence-electron chi connectivity index (χ3n) is 9.61. The first-order valence-electron chi connectivity index (χ1n) is 13.7. The molecule has 0 saturated carbocycles. The van der Waals surface area contributed by atoms with Gasteiger partial charge in [0.15, 0.2) is 0 Å². The van der Waals surface area contributed by atoms with Gasteiger partial charge in [-0.05, 0) is 86.8 Å². The molecule has 1 spiro atoms. The number of carbonyl (C=O) groups is 3. The molecule has 4 saturated heterocycles. The molecule has 36 heavy (non-hydrogen) atoms. The predicted molar refractivity (Wildman–Crippen MR) is 138 cm³/mol. The number of rotatable bonds is 4. The lowest BCUT2D eigenvalue weighted by atomic mass is 9.70. The van der Waals surface area contributed by atoms with Crippen molar-refractivity contribution < 1.29 is 14.4 Å². The van der Waals surface area contributed by atoms with E-state index in [9.17, 15) is 14.4 Å². The van der Waals surface area contributed by atoms with Gasteiger partial charge in [-0.3, -0.25) is 19.7 Å². The number of hydrogen-bond acceptors (Lipinski definition) is 6. The van der Waals surface area contributed by atoms with Crippen LogP contribution in [-0.2, 0) is 16.1 Å². The van der Waals surface area contributed by atoms with Crippen LogP contribution < -0.4 is 10.2 Å². The summed E-state index contributed by atoms with van der Waals surface area (Å²) in [5, 5.41) is 2.38. The van der Waals surface area contributed by atoms with Crippen LogP contribution >= 0.6 is 0 Å². The summed E-state index contributed by atoms with van der Waals surface area (Å²) in [6, 6.07) is 5.58. The van der Waals surface area contributed by atoms with Crippen molar-refractivity contribution in [1.82, 2.24) is 20.0 Å². The molecule has 5 heterocycles. The quantitative estimate of drug-likeness (QED) is 0.648. The molecule has 1 atom stereocenters. The van der Waals surface area contributed by atoms with E-state index in [1.807, 2.05) is 6.07 Å². The van der Waals surface area contributed by atoms with E-state index >= 15 is 0 Å². The van der Waals surface area contributed by atoms with Crippen molar-refractivity contribution >= 4 is 23.4 Å². The monoisotopic (exact) mass is 493 g/mol. The molecule has 0 bridgehead atoms. The minimum Gasteiger partial charge on any atom is -0.371 e. The zero-order chi connectivity index (χ0) is 25.1. The molecule has 194 valence electrons. The fraction of sp³-hybridized carbons (Fsp3) is 0.679. The number of fused-ring (bicyclic) bond motifs is 1. The standard InChI is InChI=1S/C28H39N5O3/c1-27(7-11-30(2)12-8-27)17-31-18-28(19-31)9-13-32(14-10-28)21-3-4-22-20(15-21)16-33(26(22)36)23-5-6-24(34)29-25(23)35/h3-4,15,23H,5-14,16-19H2,1-2H3,(H,29,34,35)/t23-/m0/s1. The number of amides is 3. The van der Waals surface area contributed by atoms with Gasteiger partial charge in [-0.15, -0.1) is 0 Å². The van der Waals surface area contributed by atoms with Crippen molar-refractivity contribution in [2.24, 2.45) is 10.8 Å². The van der Waals surface area contributed by atoms with Crippen molar-refractivity contribution in [3.63, 3.8) is 0 Å². The van der Waals surface area contributed by atoms with Crippen LogP contribution in [0.3, 0.4) is 0 Å². The first-order chi connectivity index (χ1) is 17.2. The second-order valence-electron chi connectivity index (χ2n) is 12.5. The first-order valence-corrected chi connectivity index (χ1v) is 13.7.